The summed E-state index contributed by atoms with van der Waals surface area (Å²) in [4.78, 5) is 0. The van der Waals surface area contributed by atoms with Crippen molar-refractivity contribution < 1.29 is 35.0 Å². The number of likely N-dealkylation sites (N-methyl/N-ethyl adjacent to an activating group) is 1. The van der Waals surface area contributed by atoms with Gasteiger partial charge in [-0.25, -0.2) is 0 Å². The Labute approximate surface area is 124 Å². The lowest BCUT2D eigenvalue weighted by atomic mass is 9.97. The third-order valence-electron chi connectivity index (χ3n) is 4.05. The van der Waals surface area contributed by atoms with E-state index in [1.54, 1.807) is 14.0 Å². The largest absolute Gasteiger partial charge is 0.394 e. The summed E-state index contributed by atoms with van der Waals surface area (Å²) in [6.45, 7) is 3.15. The van der Waals surface area contributed by atoms with E-state index in [0.717, 1.165) is 0 Å². The number of nitrogens with one attached hydrogen (secondary N) is 1. The molecule has 0 aliphatic carbocycles. The van der Waals surface area contributed by atoms with Crippen molar-refractivity contribution in [1.82, 2.24) is 5.32 Å². The average Bonchev–Trinajstić information content (AvgIpc) is 2.47. The van der Waals surface area contributed by atoms with Crippen LogP contribution in [0.15, 0.2) is 0 Å². The molecule has 8 heteroatoms. The lowest BCUT2D eigenvalue weighted by Crippen LogP contribution is -2.59. The highest BCUT2D eigenvalue weighted by atomic mass is 16.7. The van der Waals surface area contributed by atoms with Gasteiger partial charge in [-0.3, -0.25) is 0 Å². The van der Waals surface area contributed by atoms with E-state index in [1.165, 1.54) is 0 Å². The third-order valence-corrected chi connectivity index (χ3v) is 4.05. The van der Waals surface area contributed by atoms with Crippen molar-refractivity contribution >= 4 is 0 Å². The third kappa shape index (κ3) is 4.57. The lowest BCUT2D eigenvalue weighted by molar-refractivity contribution is -0.302. The topological polar surface area (TPSA) is 132 Å². The van der Waals surface area contributed by atoms with Crippen LogP contribution in [0.25, 0.3) is 0 Å². The zero-order valence-electron chi connectivity index (χ0n) is 12.6. The van der Waals surface area contributed by atoms with Crippen LogP contribution in [0.4, 0.5) is 0 Å². The molecule has 21 heavy (non-hydrogen) atoms. The molecule has 0 aromatic rings. The Morgan fingerprint density at radius 2 is 1.76 bits per heavy atom. The Balaban J connectivity index is 2.60. The smallest absolute Gasteiger partial charge is 0.186 e. The van der Waals surface area contributed by atoms with Crippen LogP contribution in [0.2, 0.25) is 0 Å². The summed E-state index contributed by atoms with van der Waals surface area (Å²) in [5, 5.41) is 50.8. The summed E-state index contributed by atoms with van der Waals surface area (Å²) >= 11 is 0. The number of rotatable bonds is 7. The molecule has 1 heterocycles. The molecule has 6 N–H and O–H groups in total. The predicted molar refractivity (Wildman–Crippen MR) is 73.4 cm³/mol. The molecule has 5 unspecified atom stereocenters. The summed E-state index contributed by atoms with van der Waals surface area (Å²) < 4.78 is 10.7. The fraction of sp³-hybridized carbons (Fsp3) is 1.00. The highest BCUT2D eigenvalue weighted by Gasteiger charge is 2.44. The van der Waals surface area contributed by atoms with E-state index in [0.29, 0.717) is 0 Å². The minimum atomic E-state index is -1.46. The number of ether oxygens (including phenoxy) is 2. The molecule has 8 atom stereocenters. The normalized spacial score (nSPS) is 38.0. The maximum absolute atomic E-state index is 9.84. The zero-order valence-corrected chi connectivity index (χ0v) is 12.6. The molecule has 1 aliphatic rings. The van der Waals surface area contributed by atoms with Crippen molar-refractivity contribution in [3.63, 3.8) is 0 Å². The SMILES string of the molecule is CN[C@@H](COC1OC(CO)C(O)C(O)C1O)[C@H](C)[C@@H](C)O. The first-order valence-electron chi connectivity index (χ1n) is 7.10. The van der Waals surface area contributed by atoms with Gasteiger partial charge in [0.05, 0.1) is 19.3 Å². The van der Waals surface area contributed by atoms with E-state index in [9.17, 15) is 20.4 Å². The number of aliphatic hydroxyl groups is 5. The molecule has 0 bridgehead atoms. The lowest BCUT2D eigenvalue weighted by Gasteiger charge is -2.40. The standard InChI is InChI=1S/C13H27NO7/c1-6(7(2)16)8(14-3)5-20-13-12(19)11(18)10(17)9(4-15)21-13/h6-19H,4-5H2,1-3H3/t6-,7-,8+,9?,10?,11?,12?,13?/m1/s1. The van der Waals surface area contributed by atoms with Gasteiger partial charge in [0.15, 0.2) is 6.29 Å². The summed E-state index contributed by atoms with van der Waals surface area (Å²) in [5.74, 6) is -0.0973. The van der Waals surface area contributed by atoms with Crippen molar-refractivity contribution in [3.8, 4) is 0 Å². The molecule has 1 saturated heterocycles. The van der Waals surface area contributed by atoms with E-state index >= 15 is 0 Å². The van der Waals surface area contributed by atoms with Crippen molar-refractivity contribution in [2.45, 2.75) is 56.7 Å². The number of hydrogen-bond donors (Lipinski definition) is 6. The van der Waals surface area contributed by atoms with Crippen LogP contribution in [-0.4, -0.2) is 88.6 Å². The fourth-order valence-electron chi connectivity index (χ4n) is 2.24. The molecular weight excluding hydrogens is 282 g/mol. The van der Waals surface area contributed by atoms with Crippen LogP contribution in [0.1, 0.15) is 13.8 Å². The summed E-state index contributed by atoms with van der Waals surface area (Å²) in [5.41, 5.74) is 0. The van der Waals surface area contributed by atoms with Crippen LogP contribution in [0.3, 0.4) is 0 Å². The van der Waals surface area contributed by atoms with E-state index in [1.807, 2.05) is 6.92 Å². The molecule has 0 amide bonds. The van der Waals surface area contributed by atoms with Crippen molar-refractivity contribution in [2.24, 2.45) is 5.92 Å². The summed E-state index contributed by atoms with van der Waals surface area (Å²) in [7, 11) is 1.72. The molecule has 8 nitrogen and oxygen atoms in total. The number of hydrogen-bond acceptors (Lipinski definition) is 8. The van der Waals surface area contributed by atoms with Crippen molar-refractivity contribution in [3.05, 3.63) is 0 Å². The van der Waals surface area contributed by atoms with Gasteiger partial charge >= 0.3 is 0 Å². The minimum Gasteiger partial charge on any atom is -0.394 e. The van der Waals surface area contributed by atoms with Crippen LogP contribution >= 0.6 is 0 Å². The van der Waals surface area contributed by atoms with Gasteiger partial charge in [0.2, 0.25) is 0 Å². The Hall–Kier alpha value is -0.320. The van der Waals surface area contributed by atoms with E-state index in [-0.39, 0.29) is 18.6 Å². The van der Waals surface area contributed by atoms with E-state index in [2.05, 4.69) is 5.32 Å². The summed E-state index contributed by atoms with van der Waals surface area (Å²) in [6, 6.07) is -0.183. The Kier molecular flexibility index (Phi) is 7.45. The van der Waals surface area contributed by atoms with E-state index < -0.39 is 43.4 Å². The average molecular weight is 309 g/mol. The minimum absolute atomic E-state index is 0.0973. The van der Waals surface area contributed by atoms with Gasteiger partial charge in [-0.05, 0) is 19.9 Å². The molecule has 0 aromatic heterocycles. The van der Waals surface area contributed by atoms with E-state index in [4.69, 9.17) is 14.6 Å². The van der Waals surface area contributed by atoms with Crippen LogP contribution in [-0.2, 0) is 9.47 Å². The Morgan fingerprint density at radius 1 is 1.14 bits per heavy atom. The van der Waals surface area contributed by atoms with Gasteiger partial charge in [-0.1, -0.05) is 6.92 Å². The maximum atomic E-state index is 9.84. The first-order chi connectivity index (χ1) is 9.83. The zero-order chi connectivity index (χ0) is 16.2. The van der Waals surface area contributed by atoms with Crippen LogP contribution in [0, 0.1) is 5.92 Å². The van der Waals surface area contributed by atoms with Gasteiger partial charge in [0.25, 0.3) is 0 Å². The van der Waals surface area contributed by atoms with Gasteiger partial charge < -0.3 is 40.3 Å². The number of aliphatic hydroxyl groups excluding tert-OH is 5. The van der Waals surface area contributed by atoms with Gasteiger partial charge in [0.1, 0.15) is 24.4 Å². The molecular formula is C13H27NO7. The van der Waals surface area contributed by atoms with Crippen molar-refractivity contribution in [2.75, 3.05) is 20.3 Å². The first kappa shape index (κ1) is 18.7. The quantitative estimate of drug-likeness (QED) is 0.302. The second-order valence-corrected chi connectivity index (χ2v) is 5.53. The highest BCUT2D eigenvalue weighted by molar-refractivity contribution is 4.89. The Bertz CT molecular complexity index is 302. The predicted octanol–water partition coefficient (Wildman–Crippen LogP) is -2.59. The molecule has 0 radical (unpaired) electrons. The molecule has 1 fully saturated rings. The maximum Gasteiger partial charge on any atom is 0.186 e. The molecule has 1 rings (SSSR count). The molecule has 1 aliphatic heterocycles. The van der Waals surface area contributed by atoms with Crippen LogP contribution < -0.4 is 5.32 Å². The van der Waals surface area contributed by atoms with Gasteiger partial charge in [0, 0.05) is 6.04 Å². The highest BCUT2D eigenvalue weighted by Crippen LogP contribution is 2.22. The van der Waals surface area contributed by atoms with Crippen molar-refractivity contribution in [1.29, 1.82) is 0 Å². The Morgan fingerprint density at radius 3 is 2.24 bits per heavy atom. The first-order valence-corrected chi connectivity index (χ1v) is 7.10. The van der Waals surface area contributed by atoms with Gasteiger partial charge in [-0.15, -0.1) is 0 Å². The molecule has 0 aromatic carbocycles. The summed E-state index contributed by atoms with van der Waals surface area (Å²) in [6.07, 6.45) is -6.96. The molecule has 0 spiro atoms. The fourth-order valence-corrected chi connectivity index (χ4v) is 2.24. The molecule has 0 saturated carbocycles. The van der Waals surface area contributed by atoms with Gasteiger partial charge in [-0.2, -0.15) is 0 Å². The second-order valence-electron chi connectivity index (χ2n) is 5.53. The monoisotopic (exact) mass is 309 g/mol. The van der Waals surface area contributed by atoms with Crippen LogP contribution in [0.5, 0.6) is 0 Å². The second kappa shape index (κ2) is 8.35. The molecule has 126 valence electrons.